The highest BCUT2D eigenvalue weighted by atomic mass is 35.5. The van der Waals surface area contributed by atoms with Crippen LogP contribution in [0.2, 0.25) is 5.02 Å². The van der Waals surface area contributed by atoms with Crippen molar-refractivity contribution in [1.82, 2.24) is 9.62 Å². The Kier molecular flexibility index (Phi) is 5.89. The number of hydrogen-bond donors (Lipinski definition) is 1. The molecule has 2 aromatic carbocycles. The first-order valence-electron chi connectivity index (χ1n) is 8.90. The minimum Gasteiger partial charge on any atom is -0.335 e. The first kappa shape index (κ1) is 19.9. The summed E-state index contributed by atoms with van der Waals surface area (Å²) in [6.45, 7) is 2.37. The second kappa shape index (κ2) is 8.00. The lowest BCUT2D eigenvalue weighted by atomic mass is 10.1. The van der Waals surface area contributed by atoms with Gasteiger partial charge in [0.1, 0.15) is 0 Å². The monoisotopic (exact) mass is 406 g/mol. The molecule has 1 unspecified atom stereocenters. The highest BCUT2D eigenvalue weighted by molar-refractivity contribution is 7.89. The summed E-state index contributed by atoms with van der Waals surface area (Å²) in [5, 5.41) is 0.636. The molecule has 1 aliphatic carbocycles. The lowest BCUT2D eigenvalue weighted by molar-refractivity contribution is 0.0742. The Balaban J connectivity index is 1.76. The molecule has 27 heavy (non-hydrogen) atoms. The van der Waals surface area contributed by atoms with E-state index < -0.39 is 10.0 Å². The lowest BCUT2D eigenvalue weighted by Crippen LogP contribution is -2.30. The number of hydrogen-bond acceptors (Lipinski definition) is 3. The standard InChI is InChI=1S/C20H23ClN2O3S/c1-14(16-8-10-18(21)11-9-16)23(2)20(24)17-4-3-5-19(12-17)27(25,26)22-13-15-6-7-15/h3-5,8-12,14-15,22H,6-7,13H2,1-2H3. The van der Waals surface area contributed by atoms with Crippen LogP contribution >= 0.6 is 11.6 Å². The van der Waals surface area contributed by atoms with E-state index in [1.807, 2.05) is 19.1 Å². The van der Waals surface area contributed by atoms with Crippen molar-refractivity contribution in [2.45, 2.75) is 30.7 Å². The second-order valence-electron chi connectivity index (χ2n) is 6.97. The SMILES string of the molecule is CC(c1ccc(Cl)cc1)N(C)C(=O)c1cccc(S(=O)(=O)NCC2CC2)c1. The first-order valence-corrected chi connectivity index (χ1v) is 10.8. The van der Waals surface area contributed by atoms with Gasteiger partial charge in [0.05, 0.1) is 10.9 Å². The number of rotatable bonds is 7. The van der Waals surface area contributed by atoms with E-state index in [1.165, 1.54) is 12.1 Å². The molecular formula is C20H23ClN2O3S. The number of halogens is 1. The molecule has 3 rings (SSSR count). The molecule has 0 aliphatic heterocycles. The van der Waals surface area contributed by atoms with Crippen molar-refractivity contribution in [3.8, 4) is 0 Å². The quantitative estimate of drug-likeness (QED) is 0.759. The predicted octanol–water partition coefficient (Wildman–Crippen LogP) is 3.86. The molecule has 0 heterocycles. The molecule has 1 atom stereocenters. The number of nitrogens with one attached hydrogen (secondary N) is 1. The van der Waals surface area contributed by atoms with Gasteiger partial charge in [0.2, 0.25) is 10.0 Å². The molecule has 1 fully saturated rings. The number of carbonyl (C=O) groups excluding carboxylic acids is 1. The number of carbonyl (C=O) groups is 1. The van der Waals surface area contributed by atoms with Crippen molar-refractivity contribution in [3.63, 3.8) is 0 Å². The van der Waals surface area contributed by atoms with Crippen LogP contribution in [0.5, 0.6) is 0 Å². The van der Waals surface area contributed by atoms with Crippen molar-refractivity contribution in [2.75, 3.05) is 13.6 Å². The van der Waals surface area contributed by atoms with E-state index in [0.717, 1.165) is 18.4 Å². The molecule has 1 saturated carbocycles. The molecule has 7 heteroatoms. The van der Waals surface area contributed by atoms with E-state index in [-0.39, 0.29) is 16.8 Å². The molecule has 0 saturated heterocycles. The van der Waals surface area contributed by atoms with Gasteiger partial charge in [-0.15, -0.1) is 0 Å². The average Bonchev–Trinajstić information content (AvgIpc) is 3.50. The molecule has 1 amide bonds. The number of sulfonamides is 1. The third kappa shape index (κ3) is 4.89. The molecule has 0 aromatic heterocycles. The Bertz CT molecular complexity index is 924. The van der Waals surface area contributed by atoms with Crippen LogP contribution in [-0.2, 0) is 10.0 Å². The van der Waals surface area contributed by atoms with Crippen molar-refractivity contribution in [3.05, 3.63) is 64.7 Å². The zero-order valence-corrected chi connectivity index (χ0v) is 16.9. The minimum absolute atomic E-state index is 0.113. The molecule has 0 radical (unpaired) electrons. The highest BCUT2D eigenvalue weighted by Gasteiger charge is 2.25. The maximum Gasteiger partial charge on any atom is 0.254 e. The van der Waals surface area contributed by atoms with Crippen LogP contribution in [0.25, 0.3) is 0 Å². The summed E-state index contributed by atoms with van der Waals surface area (Å²) in [7, 11) is -1.91. The summed E-state index contributed by atoms with van der Waals surface area (Å²) in [6.07, 6.45) is 2.13. The van der Waals surface area contributed by atoms with E-state index >= 15 is 0 Å². The summed E-state index contributed by atoms with van der Waals surface area (Å²) in [6, 6.07) is 13.3. The maximum atomic E-state index is 12.9. The van der Waals surface area contributed by atoms with Gasteiger partial charge in [-0.1, -0.05) is 29.8 Å². The normalized spacial score (nSPS) is 15.4. The zero-order chi connectivity index (χ0) is 19.6. The maximum absolute atomic E-state index is 12.9. The van der Waals surface area contributed by atoms with Crippen molar-refractivity contribution < 1.29 is 13.2 Å². The largest absolute Gasteiger partial charge is 0.335 e. The van der Waals surface area contributed by atoms with Gasteiger partial charge in [0, 0.05) is 24.2 Å². The number of nitrogens with zero attached hydrogens (tertiary/aromatic N) is 1. The summed E-state index contributed by atoms with van der Waals surface area (Å²) < 4.78 is 27.5. The number of amides is 1. The fraction of sp³-hybridized carbons (Fsp3) is 0.350. The molecule has 1 N–H and O–H groups in total. The van der Waals surface area contributed by atoms with Gasteiger partial charge in [-0.3, -0.25) is 4.79 Å². The van der Waals surface area contributed by atoms with Gasteiger partial charge < -0.3 is 4.90 Å². The van der Waals surface area contributed by atoms with Crippen LogP contribution in [0, 0.1) is 5.92 Å². The average molecular weight is 407 g/mol. The smallest absolute Gasteiger partial charge is 0.254 e. The second-order valence-corrected chi connectivity index (χ2v) is 9.17. The minimum atomic E-state index is -3.61. The van der Waals surface area contributed by atoms with Gasteiger partial charge in [-0.2, -0.15) is 0 Å². The van der Waals surface area contributed by atoms with Gasteiger partial charge in [0.25, 0.3) is 5.91 Å². The van der Waals surface area contributed by atoms with Crippen LogP contribution in [0.15, 0.2) is 53.4 Å². The lowest BCUT2D eigenvalue weighted by Gasteiger charge is -2.25. The molecule has 1 aliphatic rings. The Hall–Kier alpha value is -1.89. The van der Waals surface area contributed by atoms with E-state index in [0.29, 0.717) is 23.0 Å². The Morgan fingerprint density at radius 3 is 2.52 bits per heavy atom. The highest BCUT2D eigenvalue weighted by Crippen LogP contribution is 2.28. The number of benzene rings is 2. The van der Waals surface area contributed by atoms with E-state index in [9.17, 15) is 13.2 Å². The van der Waals surface area contributed by atoms with Gasteiger partial charge in [-0.25, -0.2) is 13.1 Å². The Morgan fingerprint density at radius 1 is 1.22 bits per heavy atom. The topological polar surface area (TPSA) is 66.5 Å². The van der Waals surface area contributed by atoms with Gasteiger partial charge >= 0.3 is 0 Å². The van der Waals surface area contributed by atoms with Crippen molar-refractivity contribution in [2.24, 2.45) is 5.92 Å². The third-order valence-electron chi connectivity index (χ3n) is 4.90. The summed E-state index contributed by atoms with van der Waals surface area (Å²) in [5.41, 5.74) is 1.29. The van der Waals surface area contributed by atoms with Gasteiger partial charge in [-0.05, 0) is 61.6 Å². The van der Waals surface area contributed by atoms with E-state index in [1.54, 1.807) is 36.2 Å². The Labute approximate surface area is 165 Å². The predicted molar refractivity (Wildman–Crippen MR) is 106 cm³/mol. The summed E-state index contributed by atoms with van der Waals surface area (Å²) in [4.78, 5) is 14.6. The fourth-order valence-corrected chi connectivity index (χ4v) is 4.06. The van der Waals surface area contributed by atoms with Crippen LogP contribution < -0.4 is 4.72 Å². The van der Waals surface area contributed by atoms with Crippen LogP contribution in [0.1, 0.15) is 41.7 Å². The van der Waals surface area contributed by atoms with Crippen LogP contribution in [0.4, 0.5) is 0 Å². The molecule has 0 bridgehead atoms. The summed E-state index contributed by atoms with van der Waals surface area (Å²) >= 11 is 5.92. The zero-order valence-electron chi connectivity index (χ0n) is 15.4. The molecule has 5 nitrogen and oxygen atoms in total. The van der Waals surface area contributed by atoms with Gasteiger partial charge in [0.15, 0.2) is 0 Å². The van der Waals surface area contributed by atoms with Crippen molar-refractivity contribution in [1.29, 1.82) is 0 Å². The third-order valence-corrected chi connectivity index (χ3v) is 6.58. The molecule has 2 aromatic rings. The van der Waals surface area contributed by atoms with Crippen LogP contribution in [0.3, 0.4) is 0 Å². The van der Waals surface area contributed by atoms with E-state index in [4.69, 9.17) is 11.6 Å². The molecule has 0 spiro atoms. The molecule has 144 valence electrons. The molecular weight excluding hydrogens is 384 g/mol. The fourth-order valence-electron chi connectivity index (χ4n) is 2.77. The summed E-state index contributed by atoms with van der Waals surface area (Å²) in [5.74, 6) is 0.202. The first-order chi connectivity index (χ1) is 12.8. The van der Waals surface area contributed by atoms with Crippen molar-refractivity contribution >= 4 is 27.5 Å². The van der Waals surface area contributed by atoms with Crippen LogP contribution in [-0.4, -0.2) is 32.8 Å². The van der Waals surface area contributed by atoms with E-state index in [2.05, 4.69) is 4.72 Å². The Morgan fingerprint density at radius 2 is 1.89 bits per heavy atom.